The second kappa shape index (κ2) is 7.47. The van der Waals surface area contributed by atoms with Gasteiger partial charge in [-0.1, -0.05) is 74.1 Å². The lowest BCUT2D eigenvalue weighted by Gasteiger charge is -2.22. The van der Waals surface area contributed by atoms with Crippen molar-refractivity contribution in [1.29, 1.82) is 0 Å². The topological polar surface area (TPSA) is 12.0 Å². The molecule has 0 heterocycles. The van der Waals surface area contributed by atoms with Gasteiger partial charge in [0, 0.05) is 8.95 Å². The zero-order chi connectivity index (χ0) is 15.6. The molecule has 5 heteroatoms. The summed E-state index contributed by atoms with van der Waals surface area (Å²) in [7, 11) is 0. The van der Waals surface area contributed by atoms with Gasteiger partial charge < -0.3 is 5.32 Å². The molecule has 1 atom stereocenters. The molecule has 2 rings (SSSR count). The fraction of sp³-hybridized carbons (Fsp3) is 0.250. The van der Waals surface area contributed by atoms with Gasteiger partial charge in [0.1, 0.15) is 0 Å². The smallest absolute Gasteiger partial charge is 0.0643 e. The van der Waals surface area contributed by atoms with Crippen LogP contribution in [0.1, 0.15) is 29.7 Å². The van der Waals surface area contributed by atoms with Gasteiger partial charge in [-0.15, -0.1) is 0 Å². The Morgan fingerprint density at radius 2 is 1.81 bits per heavy atom. The average molecular weight is 452 g/mol. The number of aryl methyl sites for hydroxylation is 1. The van der Waals surface area contributed by atoms with Crippen LogP contribution in [-0.2, 0) is 0 Å². The van der Waals surface area contributed by atoms with Crippen molar-refractivity contribution in [2.45, 2.75) is 19.9 Å². The van der Waals surface area contributed by atoms with Gasteiger partial charge in [0.05, 0.1) is 16.1 Å². The number of rotatable bonds is 4. The summed E-state index contributed by atoms with van der Waals surface area (Å²) in [4.78, 5) is 0. The van der Waals surface area contributed by atoms with E-state index in [0.717, 1.165) is 26.6 Å². The van der Waals surface area contributed by atoms with Crippen LogP contribution in [0, 0.1) is 6.92 Å². The zero-order valence-electron chi connectivity index (χ0n) is 11.7. The second-order valence-corrected chi connectivity index (χ2v) is 7.25. The van der Waals surface area contributed by atoms with Crippen LogP contribution in [0.3, 0.4) is 0 Å². The normalized spacial score (nSPS) is 12.5. The zero-order valence-corrected chi connectivity index (χ0v) is 16.4. The van der Waals surface area contributed by atoms with Gasteiger partial charge in [0.2, 0.25) is 0 Å². The number of nitrogens with one attached hydrogen (secondary N) is 1. The minimum absolute atomic E-state index is 0.0209. The van der Waals surface area contributed by atoms with Crippen LogP contribution in [-0.4, -0.2) is 6.54 Å². The van der Waals surface area contributed by atoms with Crippen molar-refractivity contribution in [3.05, 3.63) is 66.0 Å². The summed E-state index contributed by atoms with van der Waals surface area (Å²) >= 11 is 19.8. The summed E-state index contributed by atoms with van der Waals surface area (Å²) in [5.41, 5.74) is 3.28. The SMILES string of the molecule is CCNC(c1cc(Br)c(C)cc1Br)c1cccc(Cl)c1Cl. The molecule has 0 amide bonds. The van der Waals surface area contributed by atoms with Crippen molar-refractivity contribution in [1.82, 2.24) is 5.32 Å². The lowest BCUT2D eigenvalue weighted by molar-refractivity contribution is 0.628. The van der Waals surface area contributed by atoms with E-state index in [1.54, 1.807) is 6.07 Å². The molecule has 0 spiro atoms. The molecular weight excluding hydrogens is 437 g/mol. The molecular formula is C16H15Br2Cl2N. The third-order valence-corrected chi connectivity index (χ3v) is 5.66. The summed E-state index contributed by atoms with van der Waals surface area (Å²) < 4.78 is 2.12. The van der Waals surface area contributed by atoms with E-state index in [-0.39, 0.29) is 6.04 Å². The first-order valence-electron chi connectivity index (χ1n) is 6.58. The number of hydrogen-bond acceptors (Lipinski definition) is 1. The molecule has 21 heavy (non-hydrogen) atoms. The van der Waals surface area contributed by atoms with Gasteiger partial charge in [-0.05, 0) is 48.4 Å². The molecule has 0 aliphatic rings. The third-order valence-electron chi connectivity index (χ3n) is 3.29. The van der Waals surface area contributed by atoms with Crippen LogP contribution in [0.5, 0.6) is 0 Å². The number of hydrogen-bond donors (Lipinski definition) is 1. The summed E-state index contributed by atoms with van der Waals surface area (Å²) in [5.74, 6) is 0. The summed E-state index contributed by atoms with van der Waals surface area (Å²) in [6.07, 6.45) is 0. The molecule has 1 unspecified atom stereocenters. The fourth-order valence-corrected chi connectivity index (χ4v) is 3.68. The van der Waals surface area contributed by atoms with Crippen molar-refractivity contribution in [2.75, 3.05) is 6.54 Å². The largest absolute Gasteiger partial charge is 0.306 e. The molecule has 2 aromatic carbocycles. The summed E-state index contributed by atoms with van der Waals surface area (Å²) in [5, 5.41) is 4.64. The standard InChI is InChI=1S/C16H15Br2Cl2N/c1-3-21-16(10-5-4-6-14(19)15(10)20)11-8-12(17)9(2)7-13(11)18/h4-8,16,21H,3H2,1-2H3. The number of halogens is 4. The third kappa shape index (κ3) is 3.83. The van der Waals surface area contributed by atoms with E-state index >= 15 is 0 Å². The molecule has 112 valence electrons. The Balaban J connectivity index is 2.59. The fourth-order valence-electron chi connectivity index (χ4n) is 2.22. The van der Waals surface area contributed by atoms with Gasteiger partial charge in [-0.2, -0.15) is 0 Å². The molecule has 1 N–H and O–H groups in total. The van der Waals surface area contributed by atoms with Gasteiger partial charge in [0.25, 0.3) is 0 Å². The highest BCUT2D eigenvalue weighted by atomic mass is 79.9. The van der Waals surface area contributed by atoms with Gasteiger partial charge in [-0.3, -0.25) is 0 Å². The molecule has 0 aromatic heterocycles. The maximum Gasteiger partial charge on any atom is 0.0643 e. The Bertz CT molecular complexity index is 659. The number of benzene rings is 2. The minimum atomic E-state index is -0.0209. The maximum atomic E-state index is 6.40. The van der Waals surface area contributed by atoms with Crippen LogP contribution >= 0.6 is 55.1 Å². The quantitative estimate of drug-likeness (QED) is 0.557. The van der Waals surface area contributed by atoms with E-state index in [2.05, 4.69) is 63.2 Å². The Morgan fingerprint density at radius 1 is 1.10 bits per heavy atom. The minimum Gasteiger partial charge on any atom is -0.306 e. The molecule has 2 aromatic rings. The van der Waals surface area contributed by atoms with Crippen molar-refractivity contribution < 1.29 is 0 Å². The van der Waals surface area contributed by atoms with E-state index in [1.807, 2.05) is 12.1 Å². The molecule has 0 radical (unpaired) electrons. The molecule has 0 aliphatic heterocycles. The van der Waals surface area contributed by atoms with E-state index in [1.165, 1.54) is 5.56 Å². The van der Waals surface area contributed by atoms with Crippen LogP contribution in [0.25, 0.3) is 0 Å². The molecule has 0 saturated carbocycles. The van der Waals surface area contributed by atoms with E-state index < -0.39 is 0 Å². The van der Waals surface area contributed by atoms with Crippen molar-refractivity contribution in [3.8, 4) is 0 Å². The van der Waals surface area contributed by atoms with Gasteiger partial charge in [0.15, 0.2) is 0 Å². The molecule has 1 nitrogen and oxygen atoms in total. The first kappa shape index (κ1) is 17.3. The predicted molar refractivity (Wildman–Crippen MR) is 98.6 cm³/mol. The van der Waals surface area contributed by atoms with Gasteiger partial charge >= 0.3 is 0 Å². The first-order chi connectivity index (χ1) is 9.95. The van der Waals surface area contributed by atoms with E-state index in [0.29, 0.717) is 10.0 Å². The van der Waals surface area contributed by atoms with Crippen molar-refractivity contribution in [3.63, 3.8) is 0 Å². The van der Waals surface area contributed by atoms with Gasteiger partial charge in [-0.25, -0.2) is 0 Å². The van der Waals surface area contributed by atoms with Crippen LogP contribution in [0.15, 0.2) is 39.3 Å². The molecule has 0 bridgehead atoms. The first-order valence-corrected chi connectivity index (χ1v) is 8.92. The van der Waals surface area contributed by atoms with Crippen LogP contribution in [0.2, 0.25) is 10.0 Å². The average Bonchev–Trinajstić information content (AvgIpc) is 2.44. The lowest BCUT2D eigenvalue weighted by atomic mass is 9.97. The van der Waals surface area contributed by atoms with Crippen LogP contribution < -0.4 is 5.32 Å². The van der Waals surface area contributed by atoms with E-state index in [9.17, 15) is 0 Å². The lowest BCUT2D eigenvalue weighted by Crippen LogP contribution is -2.23. The second-order valence-electron chi connectivity index (χ2n) is 4.76. The van der Waals surface area contributed by atoms with Crippen molar-refractivity contribution in [2.24, 2.45) is 0 Å². The Kier molecular flexibility index (Phi) is 6.15. The van der Waals surface area contributed by atoms with E-state index in [4.69, 9.17) is 23.2 Å². The molecule has 0 saturated heterocycles. The monoisotopic (exact) mass is 449 g/mol. The molecule has 0 aliphatic carbocycles. The Morgan fingerprint density at radius 3 is 2.48 bits per heavy atom. The Hall–Kier alpha value is -0.0600. The van der Waals surface area contributed by atoms with Crippen molar-refractivity contribution >= 4 is 55.1 Å². The highest BCUT2D eigenvalue weighted by Gasteiger charge is 2.20. The Labute approximate surface area is 152 Å². The molecule has 0 fully saturated rings. The predicted octanol–water partition coefficient (Wildman–Crippen LogP) is 6.53. The highest BCUT2D eigenvalue weighted by molar-refractivity contribution is 9.11. The maximum absolute atomic E-state index is 6.40. The summed E-state index contributed by atoms with van der Waals surface area (Å²) in [6.45, 7) is 4.96. The highest BCUT2D eigenvalue weighted by Crippen LogP contribution is 2.37. The van der Waals surface area contributed by atoms with Crippen LogP contribution in [0.4, 0.5) is 0 Å². The summed E-state index contributed by atoms with van der Waals surface area (Å²) in [6, 6.07) is 9.92.